The van der Waals surface area contributed by atoms with Gasteiger partial charge in [0.15, 0.2) is 0 Å². The summed E-state index contributed by atoms with van der Waals surface area (Å²) >= 11 is 6.15. The Bertz CT molecular complexity index is 1560. The van der Waals surface area contributed by atoms with E-state index in [-0.39, 0.29) is 28.7 Å². The SMILES string of the molecule is Cc1cc(C)cc(-c2nnc(CN3C(=O)N(c4cc(Cl)ccc4C)S(=O)(=O)c4ccccc43)o2)c1. The van der Waals surface area contributed by atoms with Crippen LogP contribution in [0.15, 0.2) is 70.0 Å². The third-order valence-electron chi connectivity index (χ3n) is 5.70. The number of nitrogens with zero attached hydrogens (tertiary/aromatic N) is 4. The summed E-state index contributed by atoms with van der Waals surface area (Å²) < 4.78 is 33.7. The molecule has 35 heavy (non-hydrogen) atoms. The first-order valence-electron chi connectivity index (χ1n) is 10.8. The predicted octanol–water partition coefficient (Wildman–Crippen LogP) is 5.65. The maximum absolute atomic E-state index is 13.7. The number of hydrogen-bond donors (Lipinski definition) is 0. The highest BCUT2D eigenvalue weighted by Gasteiger charge is 2.43. The molecule has 0 bridgehead atoms. The number of urea groups is 1. The number of benzene rings is 3. The van der Waals surface area contributed by atoms with Crippen molar-refractivity contribution >= 4 is 39.0 Å². The van der Waals surface area contributed by atoms with E-state index >= 15 is 0 Å². The molecule has 0 aliphatic carbocycles. The van der Waals surface area contributed by atoms with Gasteiger partial charge in [0.2, 0.25) is 11.8 Å². The smallest absolute Gasteiger partial charge is 0.343 e. The van der Waals surface area contributed by atoms with Gasteiger partial charge in [0.05, 0.1) is 11.4 Å². The summed E-state index contributed by atoms with van der Waals surface area (Å²) in [5, 5.41) is 8.58. The molecule has 10 heteroatoms. The van der Waals surface area contributed by atoms with Gasteiger partial charge in [0.25, 0.3) is 10.0 Å². The van der Waals surface area contributed by atoms with Crippen molar-refractivity contribution in [2.24, 2.45) is 0 Å². The van der Waals surface area contributed by atoms with Gasteiger partial charge in [0, 0.05) is 10.6 Å². The highest BCUT2D eigenvalue weighted by Crippen LogP contribution is 2.39. The molecule has 1 aliphatic rings. The first-order chi connectivity index (χ1) is 16.6. The lowest BCUT2D eigenvalue weighted by molar-refractivity contribution is 0.252. The van der Waals surface area contributed by atoms with E-state index in [0.717, 1.165) is 21.0 Å². The number of carbonyl (C=O) groups is 1. The number of halogens is 1. The van der Waals surface area contributed by atoms with Gasteiger partial charge in [-0.2, -0.15) is 4.31 Å². The largest absolute Gasteiger partial charge is 0.419 e. The molecule has 0 unspecified atom stereocenters. The molecule has 0 N–H and O–H groups in total. The maximum Gasteiger partial charge on any atom is 0.343 e. The number of anilines is 2. The van der Waals surface area contributed by atoms with Gasteiger partial charge in [-0.15, -0.1) is 10.2 Å². The first-order valence-corrected chi connectivity index (χ1v) is 12.6. The number of hydrogen-bond acceptors (Lipinski definition) is 6. The highest BCUT2D eigenvalue weighted by molar-refractivity contribution is 7.94. The second-order valence-electron chi connectivity index (χ2n) is 8.41. The van der Waals surface area contributed by atoms with Gasteiger partial charge in [-0.1, -0.05) is 47.0 Å². The zero-order valence-corrected chi connectivity index (χ0v) is 20.8. The Balaban J connectivity index is 1.58. The molecule has 0 saturated heterocycles. The molecule has 0 saturated carbocycles. The minimum atomic E-state index is -4.18. The quantitative estimate of drug-likeness (QED) is 0.353. The second-order valence-corrected chi connectivity index (χ2v) is 10.6. The molecule has 2 amide bonds. The van der Waals surface area contributed by atoms with E-state index in [0.29, 0.717) is 16.5 Å². The lowest BCUT2D eigenvalue weighted by Crippen LogP contribution is -2.51. The number of sulfonamides is 1. The number of amides is 2. The Kier molecular flexibility index (Phi) is 5.61. The minimum absolute atomic E-state index is 0.00646. The van der Waals surface area contributed by atoms with Crippen LogP contribution in [0.5, 0.6) is 0 Å². The van der Waals surface area contributed by atoms with Crippen LogP contribution in [0.4, 0.5) is 16.2 Å². The number of aryl methyl sites for hydroxylation is 3. The van der Waals surface area contributed by atoms with Crippen LogP contribution in [0, 0.1) is 20.8 Å². The van der Waals surface area contributed by atoms with E-state index in [1.54, 1.807) is 37.3 Å². The van der Waals surface area contributed by atoms with Crippen molar-refractivity contribution in [3.05, 3.63) is 88.3 Å². The van der Waals surface area contributed by atoms with Gasteiger partial charge in [0.1, 0.15) is 11.4 Å². The maximum atomic E-state index is 13.7. The molecule has 0 spiro atoms. The van der Waals surface area contributed by atoms with E-state index in [1.807, 2.05) is 32.0 Å². The molecule has 178 valence electrons. The van der Waals surface area contributed by atoms with Crippen LogP contribution in [-0.4, -0.2) is 24.6 Å². The number of rotatable bonds is 4. The van der Waals surface area contributed by atoms with Crippen molar-refractivity contribution in [2.75, 3.05) is 9.21 Å². The molecule has 0 fully saturated rings. The van der Waals surface area contributed by atoms with E-state index in [9.17, 15) is 13.2 Å². The summed E-state index contributed by atoms with van der Waals surface area (Å²) in [6.07, 6.45) is 0. The summed E-state index contributed by atoms with van der Waals surface area (Å²) in [7, 11) is -4.18. The molecule has 1 aliphatic heterocycles. The van der Waals surface area contributed by atoms with Crippen LogP contribution in [-0.2, 0) is 16.6 Å². The van der Waals surface area contributed by atoms with Gasteiger partial charge in [-0.05, 0) is 62.7 Å². The lowest BCUT2D eigenvalue weighted by Gasteiger charge is -2.36. The molecular weight excluding hydrogens is 488 g/mol. The summed E-state index contributed by atoms with van der Waals surface area (Å²) in [5.74, 6) is 0.490. The van der Waals surface area contributed by atoms with Crippen molar-refractivity contribution < 1.29 is 17.6 Å². The summed E-state index contributed by atoms with van der Waals surface area (Å²) in [4.78, 5) is 15.0. The summed E-state index contributed by atoms with van der Waals surface area (Å²) in [6, 6.07) is 16.2. The van der Waals surface area contributed by atoms with Crippen molar-refractivity contribution in [3.63, 3.8) is 0 Å². The van der Waals surface area contributed by atoms with E-state index in [4.69, 9.17) is 16.0 Å². The Labute approximate surface area is 207 Å². The standard InChI is InChI=1S/C25H21ClN4O4S/c1-15-10-16(2)12-18(11-15)24-28-27-23(34-24)14-29-20-6-4-5-7-22(20)35(32,33)30(25(29)31)21-13-19(26)9-8-17(21)3/h4-13H,14H2,1-3H3. The van der Waals surface area contributed by atoms with Crippen LogP contribution >= 0.6 is 11.6 Å². The fraction of sp³-hybridized carbons (Fsp3) is 0.160. The molecule has 2 heterocycles. The first kappa shape index (κ1) is 23.1. The van der Waals surface area contributed by atoms with E-state index < -0.39 is 16.1 Å². The molecule has 1 aromatic heterocycles. The molecule has 8 nitrogen and oxygen atoms in total. The zero-order chi connectivity index (χ0) is 24.9. The number of fused-ring (bicyclic) bond motifs is 1. The van der Waals surface area contributed by atoms with Crippen molar-refractivity contribution in [1.82, 2.24) is 10.2 Å². The molecule has 4 aromatic rings. The van der Waals surface area contributed by atoms with Crippen molar-refractivity contribution in [1.29, 1.82) is 0 Å². The number of para-hydroxylation sites is 1. The van der Waals surface area contributed by atoms with Crippen LogP contribution < -0.4 is 9.21 Å². The van der Waals surface area contributed by atoms with Crippen LogP contribution in [0.25, 0.3) is 11.5 Å². The van der Waals surface area contributed by atoms with Crippen molar-refractivity contribution in [3.8, 4) is 11.5 Å². The highest BCUT2D eigenvalue weighted by atomic mass is 35.5. The normalized spacial score (nSPS) is 14.8. The fourth-order valence-corrected chi connectivity index (χ4v) is 5.98. The van der Waals surface area contributed by atoms with E-state index in [1.165, 1.54) is 17.0 Å². The second kappa shape index (κ2) is 8.51. The van der Waals surface area contributed by atoms with Gasteiger partial charge in [-0.25, -0.2) is 13.2 Å². The van der Waals surface area contributed by atoms with Crippen molar-refractivity contribution in [2.45, 2.75) is 32.2 Å². The average molecular weight is 509 g/mol. The van der Waals surface area contributed by atoms with E-state index in [2.05, 4.69) is 10.2 Å². The Morgan fingerprint density at radius 1 is 0.914 bits per heavy atom. The fourth-order valence-electron chi connectivity index (χ4n) is 4.17. The molecule has 5 rings (SSSR count). The zero-order valence-electron chi connectivity index (χ0n) is 19.2. The van der Waals surface area contributed by atoms with Crippen LogP contribution in [0.1, 0.15) is 22.6 Å². The molecule has 0 radical (unpaired) electrons. The number of aromatic nitrogens is 2. The lowest BCUT2D eigenvalue weighted by atomic mass is 10.1. The Morgan fingerprint density at radius 3 is 2.37 bits per heavy atom. The Morgan fingerprint density at radius 2 is 1.63 bits per heavy atom. The van der Waals surface area contributed by atoms with Gasteiger partial charge < -0.3 is 4.42 Å². The summed E-state index contributed by atoms with van der Waals surface area (Å²) in [6.45, 7) is 5.56. The van der Waals surface area contributed by atoms with Gasteiger partial charge >= 0.3 is 6.03 Å². The molecular formula is C25H21ClN4O4S. The Hall–Kier alpha value is -3.69. The van der Waals surface area contributed by atoms with Gasteiger partial charge in [-0.3, -0.25) is 4.90 Å². The number of carbonyl (C=O) groups excluding carboxylic acids is 1. The minimum Gasteiger partial charge on any atom is -0.419 e. The monoisotopic (exact) mass is 508 g/mol. The van der Waals surface area contributed by atoms with Crippen LogP contribution in [0.2, 0.25) is 5.02 Å². The third-order valence-corrected chi connectivity index (χ3v) is 7.67. The predicted molar refractivity (Wildman–Crippen MR) is 133 cm³/mol. The van der Waals surface area contributed by atoms with Crippen LogP contribution in [0.3, 0.4) is 0 Å². The average Bonchev–Trinajstić information content (AvgIpc) is 3.27. The summed E-state index contributed by atoms with van der Waals surface area (Å²) in [5.41, 5.74) is 3.88. The topological polar surface area (TPSA) is 96.6 Å². The molecule has 3 aromatic carbocycles. The third kappa shape index (κ3) is 4.06. The molecule has 0 atom stereocenters.